The molecule has 9 heteroatoms. The molecule has 1 heterocycles. The van der Waals surface area contributed by atoms with E-state index in [1.807, 2.05) is 13.8 Å². The van der Waals surface area contributed by atoms with Gasteiger partial charge >= 0.3 is 7.82 Å². The van der Waals surface area contributed by atoms with E-state index in [0.29, 0.717) is 12.8 Å². The van der Waals surface area contributed by atoms with Gasteiger partial charge in [-0.3, -0.25) is 13.6 Å². The first-order chi connectivity index (χ1) is 10.9. The van der Waals surface area contributed by atoms with Crippen LogP contribution in [0.1, 0.15) is 53.9 Å². The summed E-state index contributed by atoms with van der Waals surface area (Å²) in [5.74, 6) is 0. The Morgan fingerprint density at radius 1 is 1.12 bits per heavy atom. The quantitative estimate of drug-likeness (QED) is 0.478. The predicted octanol–water partition coefficient (Wildman–Crippen LogP) is 2.14. The standard InChI is InChI=1S/C15H30BO7P/c1-7-14(3,4)22-24(19,20-6)23-15(5,8-2)9-10-11(17)12(18)13(16)21-10/h10-13,17-18H,7-9H2,1-6H3. The largest absolute Gasteiger partial charge is 0.475 e. The van der Waals surface area contributed by atoms with E-state index in [0.717, 1.165) is 0 Å². The van der Waals surface area contributed by atoms with E-state index in [4.69, 9.17) is 26.2 Å². The molecule has 0 aromatic carbocycles. The second-order valence-electron chi connectivity index (χ2n) is 7.05. The van der Waals surface area contributed by atoms with Crippen molar-refractivity contribution in [3.05, 3.63) is 0 Å². The van der Waals surface area contributed by atoms with E-state index in [1.54, 1.807) is 20.8 Å². The van der Waals surface area contributed by atoms with Gasteiger partial charge < -0.3 is 14.9 Å². The molecule has 6 atom stereocenters. The Balaban J connectivity index is 2.88. The van der Waals surface area contributed by atoms with Gasteiger partial charge in [0.1, 0.15) is 14.0 Å². The van der Waals surface area contributed by atoms with Gasteiger partial charge in [-0.05, 0) is 33.6 Å². The molecule has 6 unspecified atom stereocenters. The molecule has 2 N–H and O–H groups in total. The van der Waals surface area contributed by atoms with Crippen LogP contribution in [0.2, 0.25) is 0 Å². The fourth-order valence-electron chi connectivity index (χ4n) is 2.35. The zero-order valence-corrected chi connectivity index (χ0v) is 16.3. The molecule has 2 radical (unpaired) electrons. The zero-order chi connectivity index (χ0) is 18.8. The molecule has 0 aromatic heterocycles. The third-order valence-corrected chi connectivity index (χ3v) is 6.38. The van der Waals surface area contributed by atoms with Gasteiger partial charge in [-0.15, -0.1) is 0 Å². The molecule has 1 fully saturated rings. The molecule has 0 aliphatic carbocycles. The highest BCUT2D eigenvalue weighted by Gasteiger charge is 2.46. The normalized spacial score (nSPS) is 33.2. The van der Waals surface area contributed by atoms with Crippen molar-refractivity contribution in [3.63, 3.8) is 0 Å². The van der Waals surface area contributed by atoms with Crippen LogP contribution in [-0.2, 0) is 22.9 Å². The van der Waals surface area contributed by atoms with E-state index in [2.05, 4.69) is 0 Å². The summed E-state index contributed by atoms with van der Waals surface area (Å²) in [7, 11) is 3.05. The molecule has 0 aromatic rings. The predicted molar refractivity (Wildman–Crippen MR) is 90.9 cm³/mol. The van der Waals surface area contributed by atoms with Gasteiger partial charge in [0, 0.05) is 19.5 Å². The van der Waals surface area contributed by atoms with Crippen LogP contribution in [0.25, 0.3) is 0 Å². The minimum atomic E-state index is -3.81. The van der Waals surface area contributed by atoms with Gasteiger partial charge in [-0.25, -0.2) is 4.57 Å². The summed E-state index contributed by atoms with van der Waals surface area (Å²) in [5, 5.41) is 19.7. The minimum absolute atomic E-state index is 0.179. The molecular formula is C15H30BO7P. The maximum Gasteiger partial charge on any atom is 0.475 e. The van der Waals surface area contributed by atoms with Crippen LogP contribution < -0.4 is 0 Å². The molecule has 0 amide bonds. The van der Waals surface area contributed by atoms with Crippen LogP contribution >= 0.6 is 7.82 Å². The van der Waals surface area contributed by atoms with Gasteiger partial charge in [0.2, 0.25) is 0 Å². The molecular weight excluding hydrogens is 334 g/mol. The lowest BCUT2D eigenvalue weighted by Gasteiger charge is -2.36. The summed E-state index contributed by atoms with van der Waals surface area (Å²) in [6.45, 7) is 9.08. The smallest absolute Gasteiger partial charge is 0.388 e. The second-order valence-corrected chi connectivity index (χ2v) is 8.68. The van der Waals surface area contributed by atoms with Crippen LogP contribution in [0.3, 0.4) is 0 Å². The summed E-state index contributed by atoms with van der Waals surface area (Å²) < 4.78 is 34.6. The average molecular weight is 364 g/mol. The van der Waals surface area contributed by atoms with Crippen molar-refractivity contribution < 1.29 is 33.1 Å². The highest BCUT2D eigenvalue weighted by Crippen LogP contribution is 2.56. The molecule has 24 heavy (non-hydrogen) atoms. The van der Waals surface area contributed by atoms with Crippen LogP contribution in [-0.4, -0.2) is 60.7 Å². The lowest BCUT2D eigenvalue weighted by molar-refractivity contribution is -0.0583. The molecule has 7 nitrogen and oxygen atoms in total. The number of aliphatic hydroxyl groups is 2. The monoisotopic (exact) mass is 364 g/mol. The number of ether oxygens (including phenoxy) is 1. The number of phosphoric acid groups is 1. The van der Waals surface area contributed by atoms with Gasteiger partial charge in [-0.2, -0.15) is 0 Å². The summed E-state index contributed by atoms with van der Waals surface area (Å²) in [6, 6.07) is -0.962. The molecule has 1 saturated heterocycles. The number of rotatable bonds is 9. The lowest BCUT2D eigenvalue weighted by atomic mass is 9.90. The van der Waals surface area contributed by atoms with Crippen LogP contribution in [0.4, 0.5) is 0 Å². The topological polar surface area (TPSA) is 94.5 Å². The molecule has 140 valence electrons. The SMILES string of the molecule is [B]C1OC(CC(C)(CC)OP(=O)(OC)OC(C)(C)CC)C(O)C1O. The first-order valence-electron chi connectivity index (χ1n) is 8.25. The second kappa shape index (κ2) is 8.17. The highest BCUT2D eigenvalue weighted by atomic mass is 31.2. The molecule has 0 saturated carbocycles. The van der Waals surface area contributed by atoms with Gasteiger partial charge in [0.05, 0.1) is 23.4 Å². The first kappa shape index (κ1) is 22.1. The number of phosphoric ester groups is 1. The average Bonchev–Trinajstić information content (AvgIpc) is 2.73. The fourth-order valence-corrected chi connectivity index (χ4v) is 4.01. The number of hydrogen-bond donors (Lipinski definition) is 2. The van der Waals surface area contributed by atoms with Crippen LogP contribution in [0.15, 0.2) is 0 Å². The molecule has 0 bridgehead atoms. The van der Waals surface area contributed by atoms with E-state index in [-0.39, 0.29) is 6.42 Å². The van der Waals surface area contributed by atoms with Crippen molar-refractivity contribution in [1.82, 2.24) is 0 Å². The maximum atomic E-state index is 12.9. The molecule has 0 spiro atoms. The van der Waals surface area contributed by atoms with Crippen LogP contribution in [0.5, 0.6) is 0 Å². The fraction of sp³-hybridized carbons (Fsp3) is 1.00. The zero-order valence-electron chi connectivity index (χ0n) is 15.4. The minimum Gasteiger partial charge on any atom is -0.388 e. The van der Waals surface area contributed by atoms with E-state index < -0.39 is 43.3 Å². The Kier molecular flexibility index (Phi) is 7.52. The number of hydrogen-bond acceptors (Lipinski definition) is 7. The molecule has 1 rings (SSSR count). The van der Waals surface area contributed by atoms with E-state index >= 15 is 0 Å². The van der Waals surface area contributed by atoms with Crippen molar-refractivity contribution in [2.75, 3.05) is 7.11 Å². The molecule has 1 aliphatic rings. The summed E-state index contributed by atoms with van der Waals surface area (Å²) in [6.07, 6.45) is -1.76. The van der Waals surface area contributed by atoms with E-state index in [9.17, 15) is 14.8 Å². The Labute approximate surface area is 146 Å². The third kappa shape index (κ3) is 5.53. The van der Waals surface area contributed by atoms with Gasteiger partial charge in [-0.1, -0.05) is 13.8 Å². The summed E-state index contributed by atoms with van der Waals surface area (Å²) >= 11 is 0. The Morgan fingerprint density at radius 2 is 1.71 bits per heavy atom. The van der Waals surface area contributed by atoms with Crippen molar-refractivity contribution in [1.29, 1.82) is 0 Å². The highest BCUT2D eigenvalue weighted by molar-refractivity contribution is 7.48. The van der Waals surface area contributed by atoms with Gasteiger partial charge in [0.25, 0.3) is 0 Å². The summed E-state index contributed by atoms with van der Waals surface area (Å²) in [4.78, 5) is 0. The van der Waals surface area contributed by atoms with Crippen LogP contribution in [0, 0.1) is 0 Å². The van der Waals surface area contributed by atoms with Crippen molar-refractivity contribution in [2.45, 2.75) is 89.4 Å². The Morgan fingerprint density at radius 3 is 2.08 bits per heavy atom. The molecule has 1 aliphatic heterocycles. The van der Waals surface area contributed by atoms with Gasteiger partial charge in [0.15, 0.2) is 0 Å². The Hall–Kier alpha value is 0.0549. The Bertz CT molecular complexity index is 461. The number of aliphatic hydroxyl groups excluding tert-OH is 2. The van der Waals surface area contributed by atoms with E-state index in [1.165, 1.54) is 7.11 Å². The van der Waals surface area contributed by atoms with Crippen molar-refractivity contribution in [2.24, 2.45) is 0 Å². The maximum absolute atomic E-state index is 12.9. The first-order valence-corrected chi connectivity index (χ1v) is 9.71. The van der Waals surface area contributed by atoms with Crippen molar-refractivity contribution >= 4 is 15.7 Å². The van der Waals surface area contributed by atoms with Crippen molar-refractivity contribution in [3.8, 4) is 0 Å². The third-order valence-electron chi connectivity index (χ3n) is 4.55. The lowest BCUT2D eigenvalue weighted by Crippen LogP contribution is -2.39. The summed E-state index contributed by atoms with van der Waals surface area (Å²) in [5.41, 5.74) is -1.63.